The minimum absolute atomic E-state index is 0.0926. The van der Waals surface area contributed by atoms with Gasteiger partial charge in [0, 0.05) is 6.54 Å². The summed E-state index contributed by atoms with van der Waals surface area (Å²) in [5, 5.41) is 13.3. The van der Waals surface area contributed by atoms with Crippen LogP contribution in [0.25, 0.3) is 0 Å². The van der Waals surface area contributed by atoms with Crippen molar-refractivity contribution in [1.82, 2.24) is 5.32 Å². The van der Waals surface area contributed by atoms with Crippen molar-refractivity contribution in [1.29, 1.82) is 0 Å². The van der Waals surface area contributed by atoms with Crippen LogP contribution in [0.4, 0.5) is 0 Å². The van der Waals surface area contributed by atoms with Crippen molar-refractivity contribution in [2.45, 2.75) is 38.2 Å². The molecule has 0 radical (unpaired) electrons. The fourth-order valence-corrected chi connectivity index (χ4v) is 4.94. The highest BCUT2D eigenvalue weighted by atomic mass is 16.3. The molecule has 2 N–H and O–H groups in total. The van der Waals surface area contributed by atoms with Gasteiger partial charge in [0.25, 0.3) is 0 Å². The number of hydrogen-bond acceptors (Lipinski definition) is 2. The molecule has 2 nitrogen and oxygen atoms in total. The van der Waals surface area contributed by atoms with Gasteiger partial charge in [0.1, 0.15) is 0 Å². The molecule has 1 atom stereocenters. The molecular weight excluding hydrogens is 186 g/mol. The zero-order chi connectivity index (χ0) is 10.4. The Kier molecular flexibility index (Phi) is 2.52. The third-order valence-electron chi connectivity index (χ3n) is 5.16. The van der Waals surface area contributed by atoms with E-state index in [4.69, 9.17) is 0 Å². The Balaban J connectivity index is 1.74. The molecule has 0 spiro atoms. The van der Waals surface area contributed by atoms with Crippen LogP contribution in [-0.2, 0) is 0 Å². The SMILES string of the molecule is CNCC(O)C1C2CC3CC(C2)CC1C3. The van der Waals surface area contributed by atoms with E-state index in [9.17, 15) is 5.11 Å². The fourth-order valence-electron chi connectivity index (χ4n) is 4.94. The summed E-state index contributed by atoms with van der Waals surface area (Å²) in [6.07, 6.45) is 7.07. The van der Waals surface area contributed by atoms with E-state index >= 15 is 0 Å². The quantitative estimate of drug-likeness (QED) is 0.740. The Hall–Kier alpha value is -0.0800. The van der Waals surface area contributed by atoms with Gasteiger partial charge in [-0.15, -0.1) is 0 Å². The molecule has 0 saturated heterocycles. The predicted molar refractivity (Wildman–Crippen MR) is 60.5 cm³/mol. The molecule has 4 aliphatic rings. The lowest BCUT2D eigenvalue weighted by molar-refractivity contribution is -0.0878. The lowest BCUT2D eigenvalue weighted by Crippen LogP contribution is -2.51. The Morgan fingerprint density at radius 1 is 1.07 bits per heavy atom. The summed E-state index contributed by atoms with van der Waals surface area (Å²) in [5.74, 6) is 4.36. The maximum absolute atomic E-state index is 10.2. The molecule has 2 heteroatoms. The van der Waals surface area contributed by atoms with Gasteiger partial charge in [-0.1, -0.05) is 0 Å². The van der Waals surface area contributed by atoms with E-state index < -0.39 is 0 Å². The summed E-state index contributed by atoms with van der Waals surface area (Å²) in [4.78, 5) is 0. The number of likely N-dealkylation sites (N-methyl/N-ethyl adjacent to an activating group) is 1. The lowest BCUT2D eigenvalue weighted by atomic mass is 9.51. The maximum Gasteiger partial charge on any atom is 0.0697 e. The van der Waals surface area contributed by atoms with Gasteiger partial charge < -0.3 is 10.4 Å². The largest absolute Gasteiger partial charge is 0.391 e. The molecule has 0 aromatic carbocycles. The first-order valence-electron chi connectivity index (χ1n) is 6.60. The van der Waals surface area contributed by atoms with Gasteiger partial charge in [0.2, 0.25) is 0 Å². The first-order chi connectivity index (χ1) is 7.28. The molecule has 1 unspecified atom stereocenters. The van der Waals surface area contributed by atoms with Crippen molar-refractivity contribution >= 4 is 0 Å². The van der Waals surface area contributed by atoms with Gasteiger partial charge in [0.05, 0.1) is 6.10 Å². The molecule has 0 aromatic heterocycles. The van der Waals surface area contributed by atoms with E-state index in [0.29, 0.717) is 5.92 Å². The molecule has 4 bridgehead atoms. The van der Waals surface area contributed by atoms with Gasteiger partial charge in [0.15, 0.2) is 0 Å². The van der Waals surface area contributed by atoms with Crippen molar-refractivity contribution in [3.05, 3.63) is 0 Å². The second kappa shape index (κ2) is 3.74. The third kappa shape index (κ3) is 1.62. The van der Waals surface area contributed by atoms with Crippen molar-refractivity contribution in [2.75, 3.05) is 13.6 Å². The highest BCUT2D eigenvalue weighted by Gasteiger charge is 2.49. The normalized spacial score (nSPS) is 49.6. The number of nitrogens with one attached hydrogen (secondary N) is 1. The molecule has 0 aromatic rings. The van der Waals surface area contributed by atoms with E-state index in [-0.39, 0.29) is 6.10 Å². The fraction of sp³-hybridized carbons (Fsp3) is 1.00. The molecule has 86 valence electrons. The highest BCUT2D eigenvalue weighted by molar-refractivity contribution is 5.00. The van der Waals surface area contributed by atoms with Crippen LogP contribution in [0.5, 0.6) is 0 Å². The zero-order valence-corrected chi connectivity index (χ0v) is 9.65. The molecule has 4 saturated carbocycles. The summed E-state index contributed by atoms with van der Waals surface area (Å²) in [5.41, 5.74) is 0. The summed E-state index contributed by atoms with van der Waals surface area (Å²) in [7, 11) is 1.94. The van der Waals surface area contributed by atoms with E-state index in [1.54, 1.807) is 0 Å². The van der Waals surface area contributed by atoms with Crippen LogP contribution >= 0.6 is 0 Å². The number of aliphatic hydroxyl groups excluding tert-OH is 1. The molecule has 15 heavy (non-hydrogen) atoms. The Labute approximate surface area is 92.4 Å². The van der Waals surface area contributed by atoms with Crippen LogP contribution in [0, 0.1) is 29.6 Å². The average Bonchev–Trinajstić information content (AvgIpc) is 2.15. The van der Waals surface area contributed by atoms with Gasteiger partial charge in [-0.3, -0.25) is 0 Å². The Morgan fingerprint density at radius 2 is 1.60 bits per heavy atom. The van der Waals surface area contributed by atoms with Gasteiger partial charge in [-0.25, -0.2) is 0 Å². The monoisotopic (exact) mass is 209 g/mol. The van der Waals surface area contributed by atoms with Crippen molar-refractivity contribution in [2.24, 2.45) is 29.6 Å². The van der Waals surface area contributed by atoms with Crippen LogP contribution in [0.3, 0.4) is 0 Å². The van der Waals surface area contributed by atoms with Gasteiger partial charge >= 0.3 is 0 Å². The van der Waals surface area contributed by atoms with Crippen LogP contribution in [0.1, 0.15) is 32.1 Å². The van der Waals surface area contributed by atoms with E-state index in [1.807, 2.05) is 7.05 Å². The number of hydrogen-bond donors (Lipinski definition) is 2. The topological polar surface area (TPSA) is 32.3 Å². The van der Waals surface area contributed by atoms with Crippen molar-refractivity contribution in [3.63, 3.8) is 0 Å². The van der Waals surface area contributed by atoms with E-state index in [2.05, 4.69) is 5.32 Å². The smallest absolute Gasteiger partial charge is 0.0697 e. The van der Waals surface area contributed by atoms with Crippen molar-refractivity contribution < 1.29 is 5.11 Å². The predicted octanol–water partition coefficient (Wildman–Crippen LogP) is 1.64. The molecule has 0 aliphatic heterocycles. The van der Waals surface area contributed by atoms with Crippen LogP contribution in [0.15, 0.2) is 0 Å². The second-order valence-electron chi connectivity index (χ2n) is 6.13. The maximum atomic E-state index is 10.2. The molecule has 4 fully saturated rings. The molecule has 0 amide bonds. The van der Waals surface area contributed by atoms with E-state index in [0.717, 1.165) is 30.2 Å². The van der Waals surface area contributed by atoms with Crippen LogP contribution < -0.4 is 5.32 Å². The zero-order valence-electron chi connectivity index (χ0n) is 9.65. The molecular formula is C13H23NO. The third-order valence-corrected chi connectivity index (χ3v) is 5.16. The first kappa shape index (κ1) is 10.1. The van der Waals surface area contributed by atoms with Gasteiger partial charge in [-0.2, -0.15) is 0 Å². The summed E-state index contributed by atoms with van der Waals surface area (Å²) >= 11 is 0. The van der Waals surface area contributed by atoms with Crippen molar-refractivity contribution in [3.8, 4) is 0 Å². The minimum Gasteiger partial charge on any atom is -0.391 e. The minimum atomic E-state index is -0.0926. The summed E-state index contributed by atoms with van der Waals surface area (Å²) < 4.78 is 0. The van der Waals surface area contributed by atoms with Gasteiger partial charge in [-0.05, 0) is 68.7 Å². The van der Waals surface area contributed by atoms with Crippen LogP contribution in [0.2, 0.25) is 0 Å². The highest BCUT2D eigenvalue weighted by Crippen LogP contribution is 2.57. The molecule has 0 heterocycles. The number of rotatable bonds is 3. The number of aliphatic hydroxyl groups is 1. The second-order valence-corrected chi connectivity index (χ2v) is 6.13. The average molecular weight is 209 g/mol. The first-order valence-corrected chi connectivity index (χ1v) is 6.60. The van der Waals surface area contributed by atoms with Crippen LogP contribution in [-0.4, -0.2) is 24.8 Å². The Morgan fingerprint density at radius 3 is 2.07 bits per heavy atom. The Bertz CT molecular complexity index is 213. The summed E-state index contributed by atoms with van der Waals surface area (Å²) in [6, 6.07) is 0. The molecule has 4 aliphatic carbocycles. The molecule has 4 rings (SSSR count). The standard InChI is InChI=1S/C13H23NO/c1-14-7-12(15)13-10-3-8-2-9(5-10)6-11(13)4-8/h8-15H,2-7H2,1H3. The van der Waals surface area contributed by atoms with E-state index in [1.165, 1.54) is 32.1 Å². The lowest BCUT2D eigenvalue weighted by Gasteiger charge is -2.55. The summed E-state index contributed by atoms with van der Waals surface area (Å²) in [6.45, 7) is 0.785.